The Hall–Kier alpha value is -2.08. The van der Waals surface area contributed by atoms with Gasteiger partial charge in [0.15, 0.2) is 0 Å². The Balaban J connectivity index is 2.22. The summed E-state index contributed by atoms with van der Waals surface area (Å²) in [6.07, 6.45) is -0.808. The van der Waals surface area contributed by atoms with Crippen LogP contribution in [0.3, 0.4) is 0 Å². The molecule has 2 heterocycles. The van der Waals surface area contributed by atoms with Gasteiger partial charge in [0, 0.05) is 12.0 Å². The van der Waals surface area contributed by atoms with Gasteiger partial charge in [-0.1, -0.05) is 25.1 Å². The third-order valence-corrected chi connectivity index (χ3v) is 4.81. The third-order valence-electron chi connectivity index (χ3n) is 4.81. The minimum atomic E-state index is -0.839. The summed E-state index contributed by atoms with van der Waals surface area (Å²) in [5.74, 6) is -1.41. The van der Waals surface area contributed by atoms with Crippen molar-refractivity contribution in [2.24, 2.45) is 5.92 Å². The lowest BCUT2D eigenvalue weighted by Gasteiger charge is -2.33. The summed E-state index contributed by atoms with van der Waals surface area (Å²) >= 11 is 0. The molecule has 1 unspecified atom stereocenters. The lowest BCUT2D eigenvalue weighted by Crippen LogP contribution is -2.51. The quantitative estimate of drug-likeness (QED) is 0.849. The molecule has 0 spiro atoms. The van der Waals surface area contributed by atoms with Crippen molar-refractivity contribution in [3.05, 3.63) is 29.8 Å². The fourth-order valence-electron chi connectivity index (χ4n) is 3.91. The highest BCUT2D eigenvalue weighted by Crippen LogP contribution is 2.54. The second-order valence-electron chi connectivity index (χ2n) is 5.84. The zero-order valence-electron chi connectivity index (χ0n) is 12.2. The van der Waals surface area contributed by atoms with Crippen molar-refractivity contribution in [1.29, 1.82) is 0 Å². The van der Waals surface area contributed by atoms with Crippen LogP contribution in [0.2, 0.25) is 0 Å². The normalized spacial score (nSPS) is 30.9. The van der Waals surface area contributed by atoms with Gasteiger partial charge in [-0.25, -0.2) is 4.79 Å². The van der Waals surface area contributed by atoms with Crippen LogP contribution >= 0.6 is 0 Å². The van der Waals surface area contributed by atoms with Crippen molar-refractivity contribution >= 4 is 17.7 Å². The molecule has 1 fully saturated rings. The van der Waals surface area contributed by atoms with Crippen molar-refractivity contribution in [2.45, 2.75) is 18.5 Å². The standard InChI is InChI=1S/C15H18N2O4/c1-15-9-6-4-5-7-11(9)17(14(20)21-3)13(15)16(2)8-10(15)12(18)19/h4-7,10,13H,8H2,1-3H3,(H,18,19)/t10?,13-,15-/m1/s1. The van der Waals surface area contributed by atoms with Crippen LogP contribution in [0.4, 0.5) is 10.5 Å². The van der Waals surface area contributed by atoms with Gasteiger partial charge in [0.05, 0.1) is 18.7 Å². The van der Waals surface area contributed by atoms with Gasteiger partial charge in [0.2, 0.25) is 0 Å². The molecule has 6 heteroatoms. The minimum Gasteiger partial charge on any atom is -0.481 e. The molecule has 6 nitrogen and oxygen atoms in total. The van der Waals surface area contributed by atoms with E-state index in [0.29, 0.717) is 6.54 Å². The number of benzene rings is 1. The number of ether oxygens (including phenoxy) is 1. The monoisotopic (exact) mass is 290 g/mol. The molecule has 1 N–H and O–H groups in total. The predicted molar refractivity (Wildman–Crippen MR) is 76.2 cm³/mol. The van der Waals surface area contributed by atoms with E-state index in [1.165, 1.54) is 7.11 Å². The van der Waals surface area contributed by atoms with Gasteiger partial charge in [0.1, 0.15) is 6.17 Å². The number of amides is 1. The van der Waals surface area contributed by atoms with E-state index < -0.39 is 23.4 Å². The molecular weight excluding hydrogens is 272 g/mol. The number of methoxy groups -OCH3 is 1. The lowest BCUT2D eigenvalue weighted by atomic mass is 9.74. The molecule has 0 aromatic heterocycles. The smallest absolute Gasteiger partial charge is 0.415 e. The zero-order valence-corrected chi connectivity index (χ0v) is 12.2. The molecule has 0 saturated carbocycles. The second-order valence-corrected chi connectivity index (χ2v) is 5.84. The maximum absolute atomic E-state index is 12.2. The summed E-state index contributed by atoms with van der Waals surface area (Å²) in [4.78, 5) is 27.4. The number of carboxylic acids is 1. The molecule has 1 saturated heterocycles. The highest BCUT2D eigenvalue weighted by molar-refractivity contribution is 5.93. The molecule has 1 amide bonds. The van der Waals surface area contributed by atoms with E-state index in [2.05, 4.69) is 0 Å². The molecule has 112 valence electrons. The summed E-state index contributed by atoms with van der Waals surface area (Å²) in [7, 11) is 3.18. The van der Waals surface area contributed by atoms with Crippen molar-refractivity contribution in [3.8, 4) is 0 Å². The Morgan fingerprint density at radius 2 is 2.05 bits per heavy atom. The topological polar surface area (TPSA) is 70.1 Å². The van der Waals surface area contributed by atoms with Gasteiger partial charge < -0.3 is 9.84 Å². The number of hydrogen-bond acceptors (Lipinski definition) is 4. The maximum atomic E-state index is 12.2. The molecular formula is C15H18N2O4. The molecule has 0 aliphatic carbocycles. The SMILES string of the molecule is COC(=O)N1c2ccccc2[C@]2(C)C(C(=O)O)CN(C)[C@H]12. The van der Waals surface area contributed by atoms with Gasteiger partial charge in [-0.15, -0.1) is 0 Å². The number of nitrogens with zero attached hydrogens (tertiary/aromatic N) is 2. The summed E-state index contributed by atoms with van der Waals surface area (Å²) in [5, 5.41) is 9.59. The number of carbonyl (C=O) groups is 2. The number of anilines is 1. The molecule has 0 radical (unpaired) electrons. The summed E-state index contributed by atoms with van der Waals surface area (Å²) < 4.78 is 4.90. The van der Waals surface area contributed by atoms with E-state index in [-0.39, 0.29) is 6.17 Å². The predicted octanol–water partition coefficient (Wildman–Crippen LogP) is 1.50. The van der Waals surface area contributed by atoms with Crippen LogP contribution in [0, 0.1) is 5.92 Å². The number of aliphatic carboxylic acids is 1. The first kappa shape index (κ1) is 13.9. The highest BCUT2D eigenvalue weighted by atomic mass is 16.5. The van der Waals surface area contributed by atoms with E-state index in [1.807, 2.05) is 43.1 Å². The van der Waals surface area contributed by atoms with Crippen LogP contribution in [0.25, 0.3) is 0 Å². The number of likely N-dealkylation sites (N-methyl/N-ethyl adjacent to an activating group) is 1. The van der Waals surface area contributed by atoms with Crippen LogP contribution in [-0.2, 0) is 14.9 Å². The molecule has 3 rings (SSSR count). The Kier molecular flexibility index (Phi) is 2.95. The van der Waals surface area contributed by atoms with Crippen LogP contribution in [0.1, 0.15) is 12.5 Å². The Morgan fingerprint density at radius 1 is 1.38 bits per heavy atom. The summed E-state index contributed by atoms with van der Waals surface area (Å²) in [5.41, 5.74) is 0.970. The van der Waals surface area contributed by atoms with E-state index in [0.717, 1.165) is 11.3 Å². The molecule has 0 bridgehead atoms. The fourth-order valence-corrected chi connectivity index (χ4v) is 3.91. The van der Waals surface area contributed by atoms with E-state index in [9.17, 15) is 14.7 Å². The Morgan fingerprint density at radius 3 is 2.67 bits per heavy atom. The average Bonchev–Trinajstić information content (AvgIpc) is 2.88. The van der Waals surface area contributed by atoms with Crippen molar-refractivity contribution in [1.82, 2.24) is 4.90 Å². The molecule has 1 aromatic carbocycles. The highest BCUT2D eigenvalue weighted by Gasteiger charge is 2.62. The van der Waals surface area contributed by atoms with Gasteiger partial charge in [0.25, 0.3) is 0 Å². The Labute approximate surface area is 122 Å². The number of para-hydroxylation sites is 1. The van der Waals surface area contributed by atoms with Crippen molar-refractivity contribution < 1.29 is 19.4 Å². The Bertz CT molecular complexity index is 617. The van der Waals surface area contributed by atoms with E-state index >= 15 is 0 Å². The lowest BCUT2D eigenvalue weighted by molar-refractivity contribution is -0.143. The van der Waals surface area contributed by atoms with Gasteiger partial charge >= 0.3 is 12.1 Å². The number of hydrogen-bond donors (Lipinski definition) is 1. The second kappa shape index (κ2) is 4.46. The third kappa shape index (κ3) is 1.62. The molecule has 1 aromatic rings. The van der Waals surface area contributed by atoms with Crippen molar-refractivity contribution in [2.75, 3.05) is 25.6 Å². The first-order chi connectivity index (χ1) is 9.92. The van der Waals surface area contributed by atoms with Gasteiger partial charge in [-0.2, -0.15) is 0 Å². The van der Waals surface area contributed by atoms with Gasteiger partial charge in [-0.3, -0.25) is 14.6 Å². The van der Waals surface area contributed by atoms with Gasteiger partial charge in [-0.05, 0) is 18.7 Å². The largest absolute Gasteiger partial charge is 0.481 e. The first-order valence-electron chi connectivity index (χ1n) is 6.82. The minimum absolute atomic E-state index is 0.344. The molecule has 3 atom stereocenters. The van der Waals surface area contributed by atoms with Crippen LogP contribution in [0.5, 0.6) is 0 Å². The van der Waals surface area contributed by atoms with Crippen LogP contribution < -0.4 is 4.90 Å². The number of carboxylic acid groups (broad SMARTS) is 1. The number of rotatable bonds is 1. The number of likely N-dealkylation sites (tertiary alicyclic amines) is 1. The van der Waals surface area contributed by atoms with E-state index in [4.69, 9.17) is 4.74 Å². The van der Waals surface area contributed by atoms with Crippen molar-refractivity contribution in [3.63, 3.8) is 0 Å². The van der Waals surface area contributed by atoms with E-state index in [1.54, 1.807) is 4.90 Å². The first-order valence-corrected chi connectivity index (χ1v) is 6.82. The average molecular weight is 290 g/mol. The zero-order chi connectivity index (χ0) is 15.4. The number of carbonyl (C=O) groups excluding carboxylic acids is 1. The molecule has 2 aliphatic rings. The van der Waals surface area contributed by atoms with Crippen LogP contribution in [0.15, 0.2) is 24.3 Å². The maximum Gasteiger partial charge on any atom is 0.415 e. The molecule has 21 heavy (non-hydrogen) atoms. The fraction of sp³-hybridized carbons (Fsp3) is 0.467. The summed E-state index contributed by atoms with van der Waals surface area (Å²) in [6, 6.07) is 7.46. The van der Waals surface area contributed by atoms with Crippen LogP contribution in [-0.4, -0.2) is 48.9 Å². The summed E-state index contributed by atoms with van der Waals surface area (Å²) in [6.45, 7) is 2.32. The number of fused-ring (bicyclic) bond motifs is 3. The molecule has 2 aliphatic heterocycles.